The molecule has 0 N–H and O–H groups in total. The summed E-state index contributed by atoms with van der Waals surface area (Å²) in [6.45, 7) is 0. The topological polar surface area (TPSA) is 57.7 Å². The zero-order chi connectivity index (χ0) is 13.9. The van der Waals surface area contributed by atoms with Crippen molar-refractivity contribution >= 4 is 5.97 Å². The van der Waals surface area contributed by atoms with E-state index in [0.29, 0.717) is 17.7 Å². The first-order valence-electron chi connectivity index (χ1n) is 6.98. The van der Waals surface area contributed by atoms with Crippen LogP contribution in [0.1, 0.15) is 17.9 Å². The second-order valence-electron chi connectivity index (χ2n) is 5.83. The van der Waals surface area contributed by atoms with E-state index in [4.69, 9.17) is 14.2 Å². The summed E-state index contributed by atoms with van der Waals surface area (Å²) in [4.78, 5) is 16.3. The van der Waals surface area contributed by atoms with Crippen molar-refractivity contribution in [2.24, 2.45) is 17.8 Å². The minimum Gasteiger partial charge on any atom is -0.481 e. The summed E-state index contributed by atoms with van der Waals surface area (Å²) in [6.07, 6.45) is 3.07. The van der Waals surface area contributed by atoms with E-state index >= 15 is 0 Å². The number of hydrogen-bond acceptors (Lipinski definition) is 5. The van der Waals surface area contributed by atoms with Crippen molar-refractivity contribution in [2.45, 2.75) is 24.5 Å². The van der Waals surface area contributed by atoms with E-state index in [9.17, 15) is 4.79 Å². The first kappa shape index (κ1) is 12.1. The first-order valence-corrected chi connectivity index (χ1v) is 6.98. The number of rotatable bonds is 3. The average Bonchev–Trinajstić information content (AvgIpc) is 3.11. The molecule has 1 aromatic heterocycles. The molecule has 20 heavy (non-hydrogen) atoms. The van der Waals surface area contributed by atoms with Crippen molar-refractivity contribution in [2.75, 3.05) is 14.2 Å². The molecule has 4 rings (SSSR count). The first-order chi connectivity index (χ1) is 9.74. The Morgan fingerprint density at radius 1 is 1.35 bits per heavy atom. The van der Waals surface area contributed by atoms with Gasteiger partial charge in [0.15, 0.2) is 0 Å². The lowest BCUT2D eigenvalue weighted by Gasteiger charge is -2.26. The smallest absolute Gasteiger partial charge is 0.312 e. The number of hydrogen-bond donors (Lipinski definition) is 0. The Morgan fingerprint density at radius 3 is 2.90 bits per heavy atom. The fourth-order valence-corrected chi connectivity index (χ4v) is 4.04. The second kappa shape index (κ2) is 4.19. The van der Waals surface area contributed by atoms with Gasteiger partial charge >= 0.3 is 5.97 Å². The molecule has 2 aliphatic heterocycles. The van der Waals surface area contributed by atoms with Crippen molar-refractivity contribution < 1.29 is 19.0 Å². The van der Waals surface area contributed by atoms with Gasteiger partial charge in [-0.1, -0.05) is 0 Å². The summed E-state index contributed by atoms with van der Waals surface area (Å²) >= 11 is 0. The van der Waals surface area contributed by atoms with Gasteiger partial charge in [0, 0.05) is 18.2 Å². The summed E-state index contributed by atoms with van der Waals surface area (Å²) in [5, 5.41) is 0. The highest BCUT2D eigenvalue weighted by molar-refractivity contribution is 5.76. The fourth-order valence-electron chi connectivity index (χ4n) is 4.04. The Bertz CT molecular complexity index is 561. The summed E-state index contributed by atoms with van der Waals surface area (Å²) in [5.74, 6) is 1.45. The number of esters is 1. The van der Waals surface area contributed by atoms with Gasteiger partial charge in [-0.25, -0.2) is 4.98 Å². The molecule has 1 aliphatic carbocycles. The van der Waals surface area contributed by atoms with Gasteiger partial charge in [-0.15, -0.1) is 0 Å². The lowest BCUT2D eigenvalue weighted by Crippen LogP contribution is -2.34. The highest BCUT2D eigenvalue weighted by Crippen LogP contribution is 2.65. The van der Waals surface area contributed by atoms with Gasteiger partial charge in [0.25, 0.3) is 0 Å². The van der Waals surface area contributed by atoms with Crippen LogP contribution in [0.25, 0.3) is 0 Å². The minimum absolute atomic E-state index is 0.0293. The molecule has 3 heterocycles. The Labute approximate surface area is 117 Å². The lowest BCUT2D eigenvalue weighted by molar-refractivity contribution is -0.148. The molecule has 0 unspecified atom stereocenters. The molecule has 2 bridgehead atoms. The van der Waals surface area contributed by atoms with Crippen molar-refractivity contribution in [1.82, 2.24) is 4.98 Å². The van der Waals surface area contributed by atoms with Crippen LogP contribution in [0.3, 0.4) is 0 Å². The second-order valence-corrected chi connectivity index (χ2v) is 5.83. The fraction of sp³-hybridized carbons (Fsp3) is 0.600. The van der Waals surface area contributed by atoms with Crippen molar-refractivity contribution in [1.29, 1.82) is 0 Å². The maximum absolute atomic E-state index is 12.2. The molecule has 3 aliphatic rings. The highest BCUT2D eigenvalue weighted by atomic mass is 16.5. The van der Waals surface area contributed by atoms with Gasteiger partial charge in [-0.3, -0.25) is 4.79 Å². The van der Waals surface area contributed by atoms with Crippen LogP contribution < -0.4 is 4.74 Å². The van der Waals surface area contributed by atoms with Crippen LogP contribution >= 0.6 is 0 Å². The molecule has 0 amide bonds. The van der Waals surface area contributed by atoms with Crippen molar-refractivity contribution in [3.8, 4) is 5.88 Å². The van der Waals surface area contributed by atoms with Crippen LogP contribution in [0.4, 0.5) is 0 Å². The zero-order valence-electron chi connectivity index (χ0n) is 11.5. The number of carbonyl (C=O) groups is 1. The molecule has 1 aromatic rings. The Kier molecular flexibility index (Phi) is 2.54. The predicted octanol–water partition coefficient (Wildman–Crippen LogP) is 1.38. The summed E-state index contributed by atoms with van der Waals surface area (Å²) < 4.78 is 16.2. The molecule has 5 heteroatoms. The lowest BCUT2D eigenvalue weighted by atomic mass is 9.75. The van der Waals surface area contributed by atoms with Gasteiger partial charge in [-0.2, -0.15) is 0 Å². The molecule has 6 atom stereocenters. The molecule has 5 nitrogen and oxygen atoms in total. The third-order valence-electron chi connectivity index (χ3n) is 4.97. The van der Waals surface area contributed by atoms with Crippen molar-refractivity contribution in [3.05, 3.63) is 23.9 Å². The third kappa shape index (κ3) is 1.53. The summed E-state index contributed by atoms with van der Waals surface area (Å²) in [6, 6.07) is 3.85. The molecular formula is C15H17NO4. The zero-order valence-corrected chi connectivity index (χ0v) is 11.5. The average molecular weight is 275 g/mol. The molecule has 2 saturated heterocycles. The van der Waals surface area contributed by atoms with E-state index in [0.717, 1.165) is 5.56 Å². The van der Waals surface area contributed by atoms with Crippen LogP contribution in [0, 0.1) is 17.8 Å². The number of carbonyl (C=O) groups excluding carboxylic acids is 1. The molecular weight excluding hydrogens is 258 g/mol. The number of fused-ring (bicyclic) bond motifs is 5. The maximum Gasteiger partial charge on any atom is 0.312 e. The SMILES string of the molecule is COC(=O)[C@@H]1[C@H]2O[C@@H]([C@H]3C[C@@H]32)[C@@H]1c1ccnc(OC)c1. The van der Waals surface area contributed by atoms with Crippen LogP contribution in [-0.4, -0.2) is 37.4 Å². The number of ether oxygens (including phenoxy) is 3. The van der Waals surface area contributed by atoms with E-state index in [1.54, 1.807) is 13.3 Å². The molecule has 3 fully saturated rings. The van der Waals surface area contributed by atoms with Crippen molar-refractivity contribution in [3.63, 3.8) is 0 Å². The number of nitrogens with zero attached hydrogens (tertiary/aromatic N) is 1. The standard InChI is InChI=1S/C15H17NO4/c1-18-10-5-7(3-4-16-10)11-12(15(17)19-2)14-9-6-8(9)13(11)20-14/h3-5,8-9,11-14H,6H2,1-2H3/t8-,9-,11+,12-,13-,14-/m0/s1. The molecule has 1 saturated carbocycles. The number of aromatic nitrogens is 1. The van der Waals surface area contributed by atoms with Crippen LogP contribution in [0.15, 0.2) is 18.3 Å². The van der Waals surface area contributed by atoms with E-state index < -0.39 is 0 Å². The van der Waals surface area contributed by atoms with E-state index in [2.05, 4.69) is 4.98 Å². The number of methoxy groups -OCH3 is 2. The third-order valence-corrected chi connectivity index (χ3v) is 4.97. The molecule has 0 aromatic carbocycles. The Balaban J connectivity index is 1.72. The van der Waals surface area contributed by atoms with Gasteiger partial charge in [0.05, 0.1) is 32.3 Å². The van der Waals surface area contributed by atoms with Gasteiger partial charge in [0.2, 0.25) is 5.88 Å². The van der Waals surface area contributed by atoms with E-state index in [-0.39, 0.29) is 30.0 Å². The summed E-state index contributed by atoms with van der Waals surface area (Å²) in [5.41, 5.74) is 1.06. The Hall–Kier alpha value is -1.62. The van der Waals surface area contributed by atoms with Gasteiger partial charge in [0.1, 0.15) is 0 Å². The quantitative estimate of drug-likeness (QED) is 0.780. The largest absolute Gasteiger partial charge is 0.481 e. The van der Waals surface area contributed by atoms with Crippen LogP contribution in [0.2, 0.25) is 0 Å². The van der Waals surface area contributed by atoms with Gasteiger partial charge in [-0.05, 0) is 29.9 Å². The minimum atomic E-state index is -0.194. The van der Waals surface area contributed by atoms with Crippen LogP contribution in [0.5, 0.6) is 5.88 Å². The van der Waals surface area contributed by atoms with Crippen LogP contribution in [-0.2, 0) is 14.3 Å². The van der Waals surface area contributed by atoms with E-state index in [1.807, 2.05) is 12.1 Å². The Morgan fingerprint density at radius 2 is 2.15 bits per heavy atom. The molecule has 0 radical (unpaired) electrons. The summed E-state index contributed by atoms with van der Waals surface area (Å²) in [7, 11) is 3.04. The predicted molar refractivity (Wildman–Crippen MR) is 69.3 cm³/mol. The highest BCUT2D eigenvalue weighted by Gasteiger charge is 2.69. The van der Waals surface area contributed by atoms with E-state index in [1.165, 1.54) is 13.5 Å². The maximum atomic E-state index is 12.2. The monoisotopic (exact) mass is 275 g/mol. The normalized spacial score (nSPS) is 40.3. The molecule has 106 valence electrons. The molecule has 0 spiro atoms. The number of pyridine rings is 1. The van der Waals surface area contributed by atoms with Gasteiger partial charge < -0.3 is 14.2 Å².